The number of rotatable bonds is 9. The summed E-state index contributed by atoms with van der Waals surface area (Å²) in [4.78, 5) is 24.7. The van der Waals surface area contributed by atoms with Crippen LogP contribution in [0.1, 0.15) is 31.9 Å². The first kappa shape index (κ1) is 29.9. The first-order valence-corrected chi connectivity index (χ1v) is 11.3. The Balaban J connectivity index is 2.62. The van der Waals surface area contributed by atoms with Gasteiger partial charge in [-0.3, -0.25) is 0 Å². The van der Waals surface area contributed by atoms with Crippen LogP contribution in [0.5, 0.6) is 11.5 Å². The zero-order chi connectivity index (χ0) is 28.0. The molecule has 2 N–H and O–H groups in total. The van der Waals surface area contributed by atoms with Gasteiger partial charge in [0.1, 0.15) is 35.4 Å². The van der Waals surface area contributed by atoms with Crippen LogP contribution in [0.4, 0.5) is 32.4 Å². The molecule has 2 rings (SSSR count). The fourth-order valence-corrected chi connectivity index (χ4v) is 3.32. The molecule has 0 aromatic heterocycles. The lowest BCUT2D eigenvalue weighted by Crippen LogP contribution is -2.45. The van der Waals surface area contributed by atoms with Gasteiger partial charge in [0.25, 0.3) is 0 Å². The summed E-state index contributed by atoms with van der Waals surface area (Å²) in [6.07, 6.45) is -6.31. The molecule has 7 nitrogen and oxygen atoms in total. The number of carbonyl (C=O) groups is 2. The van der Waals surface area contributed by atoms with E-state index in [-0.39, 0.29) is 16.3 Å². The van der Waals surface area contributed by atoms with Crippen molar-refractivity contribution in [1.82, 2.24) is 5.32 Å². The molecule has 204 valence electrons. The number of hydrogen-bond acceptors (Lipinski definition) is 6. The van der Waals surface area contributed by atoms with Gasteiger partial charge in [0.05, 0.1) is 17.8 Å². The Bertz CT molecular complexity index is 1120. The highest BCUT2D eigenvalue weighted by atomic mass is 35.5. The van der Waals surface area contributed by atoms with Gasteiger partial charge in [0.2, 0.25) is 0 Å². The molecule has 0 saturated heterocycles. The van der Waals surface area contributed by atoms with E-state index in [0.717, 1.165) is 31.4 Å². The highest BCUT2D eigenvalue weighted by Crippen LogP contribution is 2.45. The second kappa shape index (κ2) is 12.3. The Morgan fingerprint density at radius 1 is 1.11 bits per heavy atom. The fraction of sp³-hybridized carbons (Fsp3) is 0.417. The Morgan fingerprint density at radius 2 is 1.78 bits per heavy atom. The monoisotopic (exact) mass is 552 g/mol. The largest absolute Gasteiger partial charge is 0.467 e. The summed E-state index contributed by atoms with van der Waals surface area (Å²) in [5, 5.41) is 4.65. The number of alkyl halides is 4. The molecule has 0 aliphatic heterocycles. The predicted octanol–water partition coefficient (Wildman–Crippen LogP) is 6.28. The average Bonchev–Trinajstić information content (AvgIpc) is 2.77. The van der Waals surface area contributed by atoms with Crippen LogP contribution in [0, 0.1) is 5.82 Å². The van der Waals surface area contributed by atoms with Crippen LogP contribution >= 0.6 is 11.6 Å². The van der Waals surface area contributed by atoms with Crippen molar-refractivity contribution in [2.45, 2.75) is 45.0 Å². The van der Waals surface area contributed by atoms with Gasteiger partial charge in [0, 0.05) is 19.0 Å². The number of nitrogens with one attached hydrogen (secondary N) is 2. The van der Waals surface area contributed by atoms with Crippen molar-refractivity contribution in [3.63, 3.8) is 0 Å². The molecule has 0 bridgehead atoms. The minimum absolute atomic E-state index is 0.0236. The van der Waals surface area contributed by atoms with Gasteiger partial charge in [-0.1, -0.05) is 17.7 Å². The lowest BCUT2D eigenvalue weighted by Gasteiger charge is -2.25. The average molecular weight is 553 g/mol. The maximum absolute atomic E-state index is 13.9. The van der Waals surface area contributed by atoms with Crippen LogP contribution in [0.15, 0.2) is 30.3 Å². The fourth-order valence-electron chi connectivity index (χ4n) is 3.16. The van der Waals surface area contributed by atoms with E-state index in [0.29, 0.717) is 6.07 Å². The van der Waals surface area contributed by atoms with Crippen LogP contribution < -0.4 is 15.4 Å². The van der Waals surface area contributed by atoms with Crippen LogP contribution in [0.3, 0.4) is 0 Å². The molecule has 13 heteroatoms. The van der Waals surface area contributed by atoms with Crippen LogP contribution in [0.2, 0.25) is 5.02 Å². The number of carbonyl (C=O) groups excluding carboxylic acids is 2. The van der Waals surface area contributed by atoms with Gasteiger partial charge in [-0.2, -0.15) is 13.2 Å². The number of benzene rings is 2. The molecule has 0 spiro atoms. The zero-order valence-electron chi connectivity index (χ0n) is 20.4. The lowest BCUT2D eigenvalue weighted by atomic mass is 10.00. The van der Waals surface area contributed by atoms with Crippen LogP contribution in [-0.4, -0.2) is 44.0 Å². The van der Waals surface area contributed by atoms with E-state index in [1.165, 1.54) is 0 Å². The third-order valence-corrected chi connectivity index (χ3v) is 4.96. The van der Waals surface area contributed by atoms with Crippen molar-refractivity contribution in [2.24, 2.45) is 0 Å². The molecule has 0 saturated carbocycles. The van der Waals surface area contributed by atoms with E-state index in [2.05, 4.69) is 10.6 Å². The predicted molar refractivity (Wildman–Crippen MR) is 126 cm³/mol. The Hall–Kier alpha value is -3.28. The van der Waals surface area contributed by atoms with Gasteiger partial charge in [-0.15, -0.1) is 0 Å². The molecule has 0 unspecified atom stereocenters. The summed E-state index contributed by atoms with van der Waals surface area (Å²) in [5.74, 6) is -3.00. The molecule has 0 fully saturated rings. The zero-order valence-corrected chi connectivity index (χ0v) is 21.2. The highest BCUT2D eigenvalue weighted by Gasteiger charge is 2.37. The molecule has 0 radical (unpaired) electrons. The molecule has 1 atom stereocenters. The summed E-state index contributed by atoms with van der Waals surface area (Å²) in [6, 6.07) is 3.19. The SMILES string of the molecule is COC(=O)[C@@H](Cc1ccc(C(F)(F)F)c(Oc2cc(F)ccc2Cl)c1NCCF)NC(=O)OC(C)(C)C. The lowest BCUT2D eigenvalue weighted by molar-refractivity contribution is -0.143. The van der Waals surface area contributed by atoms with Gasteiger partial charge in [-0.25, -0.2) is 18.4 Å². The molecule has 2 aromatic rings. The number of amides is 1. The van der Waals surface area contributed by atoms with E-state index >= 15 is 0 Å². The standard InChI is InChI=1S/C24H26ClF5N2O5/c1-23(2,3)37-22(34)32-17(21(33)35-4)11-13-5-7-15(24(28,29)30)20(19(13)31-10-9-26)36-18-12-14(27)6-8-16(18)25/h5-8,12,17,31H,9-11H2,1-4H3,(H,32,34)/t17-/m1/s1. The minimum Gasteiger partial charge on any atom is -0.467 e. The van der Waals surface area contributed by atoms with Crippen LogP contribution in [0.25, 0.3) is 0 Å². The minimum atomic E-state index is -4.93. The normalized spacial score (nSPS) is 12.5. The number of ether oxygens (including phenoxy) is 3. The Morgan fingerprint density at radius 3 is 2.35 bits per heavy atom. The molecular weight excluding hydrogens is 527 g/mol. The molecule has 1 amide bonds. The third kappa shape index (κ3) is 8.66. The Kier molecular flexibility index (Phi) is 9.96. The maximum atomic E-state index is 13.9. The first-order chi connectivity index (χ1) is 17.2. The van der Waals surface area contributed by atoms with E-state index in [1.807, 2.05) is 0 Å². The van der Waals surface area contributed by atoms with Crippen molar-refractivity contribution < 1.29 is 45.8 Å². The number of methoxy groups -OCH3 is 1. The van der Waals surface area contributed by atoms with Crippen molar-refractivity contribution in [1.29, 1.82) is 0 Å². The number of alkyl carbamates (subject to hydrolysis) is 1. The molecule has 0 aliphatic carbocycles. The quantitative estimate of drug-likeness (QED) is 0.281. The molecule has 37 heavy (non-hydrogen) atoms. The number of hydrogen-bond donors (Lipinski definition) is 2. The second-order valence-electron chi connectivity index (χ2n) is 8.69. The summed E-state index contributed by atoms with van der Waals surface area (Å²) in [5.41, 5.74) is -2.49. The van der Waals surface area contributed by atoms with E-state index in [1.54, 1.807) is 20.8 Å². The molecule has 0 heterocycles. The first-order valence-electron chi connectivity index (χ1n) is 10.9. The van der Waals surface area contributed by atoms with E-state index < -0.39 is 72.4 Å². The summed E-state index contributed by atoms with van der Waals surface area (Å²) >= 11 is 5.99. The Labute approximate surface area is 215 Å². The number of halogens is 6. The van der Waals surface area contributed by atoms with Crippen molar-refractivity contribution in [3.8, 4) is 11.5 Å². The third-order valence-electron chi connectivity index (χ3n) is 4.65. The van der Waals surface area contributed by atoms with Gasteiger partial charge in [0.15, 0.2) is 5.75 Å². The number of esters is 1. The van der Waals surface area contributed by atoms with Gasteiger partial charge >= 0.3 is 18.2 Å². The number of anilines is 1. The molecular formula is C24H26ClF5N2O5. The highest BCUT2D eigenvalue weighted by molar-refractivity contribution is 6.32. The summed E-state index contributed by atoms with van der Waals surface area (Å²) in [6.45, 7) is 3.39. The van der Waals surface area contributed by atoms with Crippen LogP contribution in [-0.2, 0) is 26.9 Å². The summed E-state index contributed by atoms with van der Waals surface area (Å²) in [7, 11) is 1.06. The molecule has 0 aliphatic rings. The van der Waals surface area contributed by atoms with Crippen molar-refractivity contribution >= 4 is 29.4 Å². The topological polar surface area (TPSA) is 85.9 Å². The van der Waals surface area contributed by atoms with Crippen molar-refractivity contribution in [2.75, 3.05) is 25.6 Å². The maximum Gasteiger partial charge on any atom is 0.420 e. The van der Waals surface area contributed by atoms with E-state index in [4.69, 9.17) is 25.8 Å². The second-order valence-corrected chi connectivity index (χ2v) is 9.10. The van der Waals surface area contributed by atoms with E-state index in [9.17, 15) is 31.5 Å². The van der Waals surface area contributed by atoms with Crippen molar-refractivity contribution in [3.05, 3.63) is 52.3 Å². The van der Waals surface area contributed by atoms with Gasteiger partial charge < -0.3 is 24.8 Å². The van der Waals surface area contributed by atoms with Gasteiger partial charge in [-0.05, 0) is 44.5 Å². The summed E-state index contributed by atoms with van der Waals surface area (Å²) < 4.78 is 83.8. The molecule has 2 aromatic carbocycles. The smallest absolute Gasteiger partial charge is 0.420 e.